The van der Waals surface area contributed by atoms with Crippen molar-refractivity contribution in [2.24, 2.45) is 0 Å². The lowest BCUT2D eigenvalue weighted by atomic mass is 10.3. The number of likely N-dealkylation sites (tertiary alicyclic amines) is 1. The van der Waals surface area contributed by atoms with Gasteiger partial charge in [-0.15, -0.1) is 4.37 Å². The summed E-state index contributed by atoms with van der Waals surface area (Å²) in [6, 6.07) is 7.06. The van der Waals surface area contributed by atoms with E-state index in [1.165, 1.54) is 4.57 Å². The number of ether oxygens (including phenoxy) is 1. The van der Waals surface area contributed by atoms with Crippen molar-refractivity contribution in [1.29, 1.82) is 0 Å². The second-order valence-corrected chi connectivity index (χ2v) is 6.09. The zero-order valence-electron chi connectivity index (χ0n) is 12.6. The van der Waals surface area contributed by atoms with Gasteiger partial charge >= 0.3 is 5.76 Å². The Balaban J connectivity index is 1.45. The normalized spacial score (nSPS) is 17.5. The summed E-state index contributed by atoms with van der Waals surface area (Å²) in [6.45, 7) is 1.02. The van der Waals surface area contributed by atoms with Crippen LogP contribution in [0, 0.1) is 0 Å². The van der Waals surface area contributed by atoms with E-state index < -0.39 is 5.76 Å². The lowest BCUT2D eigenvalue weighted by Gasteiger charge is -2.16. The molecule has 8 nitrogen and oxygen atoms in total. The topological polar surface area (TPSA) is 90.5 Å². The predicted octanol–water partition coefficient (Wildman–Crippen LogP) is 1.13. The Kier molecular flexibility index (Phi) is 3.77. The Labute approximate surface area is 140 Å². The molecule has 124 valence electrons. The van der Waals surface area contributed by atoms with Gasteiger partial charge in [-0.3, -0.25) is 9.36 Å². The van der Waals surface area contributed by atoms with Gasteiger partial charge in [0.1, 0.15) is 18.8 Å². The zero-order chi connectivity index (χ0) is 16.5. The minimum absolute atomic E-state index is 0.0408. The Bertz CT molecular complexity index is 917. The fraction of sp³-hybridized carbons (Fsp3) is 0.333. The highest BCUT2D eigenvalue weighted by atomic mass is 32.1. The van der Waals surface area contributed by atoms with Gasteiger partial charge in [-0.1, -0.05) is 12.1 Å². The summed E-state index contributed by atoms with van der Waals surface area (Å²) in [7, 11) is 0. The van der Waals surface area contributed by atoms with Crippen LogP contribution >= 0.6 is 11.7 Å². The number of aromatic nitrogens is 3. The van der Waals surface area contributed by atoms with Crippen molar-refractivity contribution < 1.29 is 13.9 Å². The molecule has 1 aliphatic heterocycles. The van der Waals surface area contributed by atoms with Crippen LogP contribution in [0.15, 0.2) is 39.7 Å². The summed E-state index contributed by atoms with van der Waals surface area (Å²) < 4.78 is 20.1. The van der Waals surface area contributed by atoms with E-state index in [-0.39, 0.29) is 18.6 Å². The first-order valence-corrected chi connectivity index (χ1v) is 8.24. The van der Waals surface area contributed by atoms with Gasteiger partial charge in [-0.25, -0.2) is 4.79 Å². The van der Waals surface area contributed by atoms with E-state index in [0.717, 1.165) is 18.1 Å². The van der Waals surface area contributed by atoms with Crippen molar-refractivity contribution >= 4 is 28.7 Å². The van der Waals surface area contributed by atoms with E-state index in [1.807, 2.05) is 0 Å². The number of nitrogens with zero attached hydrogens (tertiary/aromatic N) is 4. The molecule has 1 aliphatic rings. The van der Waals surface area contributed by atoms with Crippen molar-refractivity contribution in [3.05, 3.63) is 41.0 Å². The van der Waals surface area contributed by atoms with Gasteiger partial charge in [0, 0.05) is 13.0 Å². The molecule has 4 rings (SSSR count). The molecule has 1 atom stereocenters. The number of hydrogen-bond acceptors (Lipinski definition) is 7. The molecule has 2 aromatic heterocycles. The maximum absolute atomic E-state index is 12.5. The van der Waals surface area contributed by atoms with Crippen LogP contribution in [0.5, 0.6) is 5.88 Å². The summed E-state index contributed by atoms with van der Waals surface area (Å²) in [4.78, 5) is 26.1. The highest BCUT2D eigenvalue weighted by Gasteiger charge is 2.28. The number of oxazole rings is 1. The van der Waals surface area contributed by atoms with Crippen molar-refractivity contribution in [3.63, 3.8) is 0 Å². The van der Waals surface area contributed by atoms with E-state index in [2.05, 4.69) is 8.75 Å². The monoisotopic (exact) mass is 346 g/mol. The van der Waals surface area contributed by atoms with Gasteiger partial charge in [0.05, 0.1) is 23.8 Å². The third kappa shape index (κ3) is 2.78. The molecule has 0 aliphatic carbocycles. The third-order valence-electron chi connectivity index (χ3n) is 3.99. The van der Waals surface area contributed by atoms with Crippen LogP contribution in [0.2, 0.25) is 0 Å². The van der Waals surface area contributed by atoms with E-state index in [4.69, 9.17) is 9.15 Å². The summed E-state index contributed by atoms with van der Waals surface area (Å²) in [6.07, 6.45) is 2.19. The number of carbonyl (C=O) groups is 1. The Morgan fingerprint density at radius 2 is 2.29 bits per heavy atom. The first-order valence-electron chi connectivity index (χ1n) is 7.51. The molecule has 0 saturated carbocycles. The Hall–Kier alpha value is -2.68. The summed E-state index contributed by atoms with van der Waals surface area (Å²) in [5.41, 5.74) is 1.10. The van der Waals surface area contributed by atoms with Crippen LogP contribution in [0.3, 0.4) is 0 Å². The van der Waals surface area contributed by atoms with Crippen LogP contribution in [0.4, 0.5) is 0 Å². The smallest absolute Gasteiger partial charge is 0.420 e. The largest absolute Gasteiger partial charge is 0.471 e. The minimum Gasteiger partial charge on any atom is -0.471 e. The average Bonchev–Trinajstić information content (AvgIpc) is 3.30. The van der Waals surface area contributed by atoms with E-state index in [1.54, 1.807) is 35.4 Å². The molecule has 1 amide bonds. The average molecular weight is 346 g/mol. The van der Waals surface area contributed by atoms with Gasteiger partial charge in [-0.2, -0.15) is 4.37 Å². The predicted molar refractivity (Wildman–Crippen MR) is 86.0 cm³/mol. The molecule has 0 N–H and O–H groups in total. The molecule has 0 bridgehead atoms. The van der Waals surface area contributed by atoms with Crippen molar-refractivity contribution in [1.82, 2.24) is 18.2 Å². The highest BCUT2D eigenvalue weighted by molar-refractivity contribution is 6.99. The molecule has 24 heavy (non-hydrogen) atoms. The molecule has 0 spiro atoms. The molecular formula is C15H14N4O4S. The van der Waals surface area contributed by atoms with Gasteiger partial charge in [0.15, 0.2) is 5.58 Å². The lowest BCUT2D eigenvalue weighted by molar-refractivity contribution is -0.131. The van der Waals surface area contributed by atoms with Gasteiger partial charge < -0.3 is 14.1 Å². The molecule has 1 fully saturated rings. The number of hydrogen-bond donors (Lipinski definition) is 0. The fourth-order valence-electron chi connectivity index (χ4n) is 2.83. The van der Waals surface area contributed by atoms with Gasteiger partial charge in [0.2, 0.25) is 11.8 Å². The quantitative estimate of drug-likeness (QED) is 0.703. The zero-order valence-corrected chi connectivity index (χ0v) is 13.4. The minimum atomic E-state index is -0.523. The standard InChI is InChI=1S/C15H14N4O4S/c20-14(9-19-11-3-1-2-4-12(11)23-15(19)21)18-6-5-10(8-18)22-13-7-16-24-17-13/h1-4,7,10H,5-6,8-9H2. The molecule has 9 heteroatoms. The summed E-state index contributed by atoms with van der Waals surface area (Å²) in [5, 5.41) is 0. The summed E-state index contributed by atoms with van der Waals surface area (Å²) >= 11 is 1.08. The number of rotatable bonds is 4. The van der Waals surface area contributed by atoms with Crippen LogP contribution in [-0.2, 0) is 11.3 Å². The second-order valence-electron chi connectivity index (χ2n) is 5.54. The van der Waals surface area contributed by atoms with Crippen molar-refractivity contribution in [2.75, 3.05) is 13.1 Å². The number of carbonyl (C=O) groups excluding carboxylic acids is 1. The van der Waals surface area contributed by atoms with Crippen LogP contribution in [-0.4, -0.2) is 43.3 Å². The lowest BCUT2D eigenvalue weighted by Crippen LogP contribution is -2.35. The second kappa shape index (κ2) is 6.08. The molecule has 1 saturated heterocycles. The summed E-state index contributed by atoms with van der Waals surface area (Å²) in [5.74, 6) is -0.174. The molecule has 1 unspecified atom stereocenters. The number of amides is 1. The van der Waals surface area contributed by atoms with Crippen LogP contribution in [0.1, 0.15) is 6.42 Å². The molecular weight excluding hydrogens is 332 g/mol. The van der Waals surface area contributed by atoms with Crippen molar-refractivity contribution in [3.8, 4) is 5.88 Å². The first-order chi connectivity index (χ1) is 11.7. The van der Waals surface area contributed by atoms with Crippen LogP contribution in [0.25, 0.3) is 11.1 Å². The number of benzene rings is 1. The Morgan fingerprint density at radius 1 is 1.42 bits per heavy atom. The first kappa shape index (κ1) is 14.9. The maximum atomic E-state index is 12.5. The van der Waals surface area contributed by atoms with Gasteiger partial charge in [-0.05, 0) is 12.1 Å². The molecule has 0 radical (unpaired) electrons. The SMILES string of the molecule is O=C(Cn1c(=O)oc2ccccc21)N1CCC(Oc2cnsn2)C1. The van der Waals surface area contributed by atoms with E-state index >= 15 is 0 Å². The Morgan fingerprint density at radius 3 is 3.12 bits per heavy atom. The molecule has 3 heterocycles. The molecule has 3 aromatic rings. The van der Waals surface area contributed by atoms with Gasteiger partial charge in [0.25, 0.3) is 0 Å². The van der Waals surface area contributed by atoms with Crippen LogP contribution < -0.4 is 10.5 Å². The van der Waals surface area contributed by atoms with Crippen molar-refractivity contribution in [2.45, 2.75) is 19.1 Å². The molecule has 1 aromatic carbocycles. The fourth-order valence-corrected chi connectivity index (χ4v) is 3.18. The maximum Gasteiger partial charge on any atom is 0.420 e. The van der Waals surface area contributed by atoms with E-state index in [0.29, 0.717) is 30.1 Å². The number of para-hydroxylation sites is 2. The third-order valence-corrected chi connectivity index (χ3v) is 4.45. The number of fused-ring (bicyclic) bond motifs is 1. The van der Waals surface area contributed by atoms with E-state index in [9.17, 15) is 9.59 Å². The highest BCUT2D eigenvalue weighted by Crippen LogP contribution is 2.18.